The van der Waals surface area contributed by atoms with E-state index < -0.39 is 15.5 Å². The van der Waals surface area contributed by atoms with Crippen LogP contribution in [0.5, 0.6) is 0 Å². The number of hydrogen-bond donors (Lipinski definition) is 1. The average Bonchev–Trinajstić information content (AvgIpc) is 1.99. The molecule has 0 aromatic heterocycles. The molecule has 2 atom stereocenters. The molecule has 0 amide bonds. The van der Waals surface area contributed by atoms with Crippen LogP contribution in [0, 0.1) is 0 Å². The number of hydrogen-bond acceptors (Lipinski definition) is 3. The Bertz CT molecular complexity index is 226. The Balaban J connectivity index is 4.24. The molecule has 0 rings (SSSR count). The largest absolute Gasteiger partial charge is 0.743 e. The first-order valence-electron chi connectivity index (χ1n) is 4.70. The van der Waals surface area contributed by atoms with Crippen molar-refractivity contribution in [2.24, 2.45) is 0 Å². The predicted octanol–water partition coefficient (Wildman–Crippen LogP) is -0.417. The fraction of sp³-hybridized carbons (Fsp3) is 1.00. The van der Waals surface area contributed by atoms with Gasteiger partial charge in [-0.2, -0.15) is 0 Å². The molecule has 0 radical (unpaired) electrons. The van der Waals surface area contributed by atoms with E-state index in [2.05, 4.69) is 0 Å². The minimum atomic E-state index is -4.13. The van der Waals surface area contributed by atoms with E-state index in [1.54, 1.807) is 14.0 Å². The lowest BCUT2D eigenvalue weighted by Crippen LogP contribution is -3.13. The van der Waals surface area contributed by atoms with Crippen LogP contribution in [-0.4, -0.2) is 31.9 Å². The molecule has 0 saturated carbocycles. The molecule has 2 unspecified atom stereocenters. The third-order valence-corrected chi connectivity index (χ3v) is 3.63. The lowest BCUT2D eigenvalue weighted by Gasteiger charge is -2.25. The summed E-state index contributed by atoms with van der Waals surface area (Å²) < 4.78 is 32.4. The highest BCUT2D eigenvalue weighted by Gasteiger charge is 2.22. The van der Waals surface area contributed by atoms with Gasteiger partial charge in [-0.25, -0.2) is 8.42 Å². The Kier molecular flexibility index (Phi) is 5.51. The second-order valence-corrected chi connectivity index (χ2v) is 4.89. The van der Waals surface area contributed by atoms with E-state index in [9.17, 15) is 13.0 Å². The lowest BCUT2D eigenvalue weighted by atomic mass is 10.3. The fourth-order valence-corrected chi connectivity index (χ4v) is 2.43. The summed E-state index contributed by atoms with van der Waals surface area (Å²) in [5.74, 6) is 0. The molecule has 0 aliphatic heterocycles. The quantitative estimate of drug-likeness (QED) is 0.605. The molecule has 0 aliphatic carbocycles. The predicted molar refractivity (Wildman–Crippen MR) is 50.4 cm³/mol. The zero-order valence-electron chi connectivity index (χ0n) is 8.54. The van der Waals surface area contributed by atoms with Crippen LogP contribution in [0.2, 0.25) is 0 Å². The molecule has 13 heavy (non-hydrogen) atoms. The van der Waals surface area contributed by atoms with Crippen molar-refractivity contribution in [2.75, 3.05) is 13.6 Å². The van der Waals surface area contributed by atoms with Gasteiger partial charge < -0.3 is 9.45 Å². The zero-order chi connectivity index (χ0) is 10.5. The summed E-state index contributed by atoms with van der Waals surface area (Å²) in [5, 5.41) is -0.779. The second-order valence-electron chi connectivity index (χ2n) is 3.34. The van der Waals surface area contributed by atoms with Gasteiger partial charge in [0.05, 0.1) is 13.6 Å². The highest BCUT2D eigenvalue weighted by molar-refractivity contribution is 7.86. The Hall–Kier alpha value is -0.130. The summed E-state index contributed by atoms with van der Waals surface area (Å²) in [6.45, 7) is 4.52. The van der Waals surface area contributed by atoms with Gasteiger partial charge in [0.15, 0.2) is 5.37 Å². The van der Waals surface area contributed by atoms with Crippen LogP contribution in [0.3, 0.4) is 0 Å². The van der Waals surface area contributed by atoms with Gasteiger partial charge in [-0.1, -0.05) is 20.3 Å². The van der Waals surface area contributed by atoms with Gasteiger partial charge in [0, 0.05) is 6.42 Å². The molecule has 0 aromatic rings. The molecule has 0 heterocycles. The molecule has 0 spiro atoms. The minimum Gasteiger partial charge on any atom is -0.743 e. The molecule has 1 N–H and O–H groups in total. The Morgan fingerprint density at radius 1 is 1.38 bits per heavy atom. The zero-order valence-corrected chi connectivity index (χ0v) is 9.36. The van der Waals surface area contributed by atoms with E-state index in [1.807, 2.05) is 6.92 Å². The summed E-state index contributed by atoms with van der Waals surface area (Å²) in [6, 6.07) is 0. The Labute approximate surface area is 80.7 Å². The highest BCUT2D eigenvalue weighted by Crippen LogP contribution is 1.95. The van der Waals surface area contributed by atoms with Crippen molar-refractivity contribution in [3.8, 4) is 0 Å². The monoisotopic (exact) mass is 209 g/mol. The Morgan fingerprint density at radius 2 is 1.92 bits per heavy atom. The first kappa shape index (κ1) is 12.9. The topological polar surface area (TPSA) is 61.6 Å². The normalized spacial score (nSPS) is 16.9. The SMILES string of the molecule is CCCC[NH+](C)C(CC)S(=O)(=O)[O-]. The standard InChI is InChI=1S/C8H19NO3S/c1-4-6-7-9(3)8(5-2)13(10,11)12/h8H,4-7H2,1-3H3,(H,10,11,12). The van der Waals surface area contributed by atoms with Crippen molar-refractivity contribution in [3.05, 3.63) is 0 Å². The summed E-state index contributed by atoms with van der Waals surface area (Å²) in [7, 11) is -2.37. The van der Waals surface area contributed by atoms with E-state index in [4.69, 9.17) is 0 Å². The van der Waals surface area contributed by atoms with Crippen molar-refractivity contribution >= 4 is 10.1 Å². The van der Waals surface area contributed by atoms with Crippen LogP contribution < -0.4 is 4.90 Å². The van der Waals surface area contributed by atoms with E-state index in [-0.39, 0.29) is 0 Å². The van der Waals surface area contributed by atoms with Crippen molar-refractivity contribution in [1.29, 1.82) is 0 Å². The number of unbranched alkanes of at least 4 members (excludes halogenated alkanes) is 1. The number of rotatable bonds is 6. The second kappa shape index (κ2) is 5.57. The smallest absolute Gasteiger partial charge is 0.177 e. The van der Waals surface area contributed by atoms with Crippen LogP contribution in [-0.2, 0) is 10.1 Å². The molecule has 4 nitrogen and oxygen atoms in total. The van der Waals surface area contributed by atoms with Crippen LogP contribution in [0.25, 0.3) is 0 Å². The van der Waals surface area contributed by atoms with Gasteiger partial charge in [-0.05, 0) is 6.42 Å². The van der Waals surface area contributed by atoms with E-state index >= 15 is 0 Å². The number of nitrogens with one attached hydrogen (secondary N) is 1. The molecular formula is C8H19NO3S. The summed E-state index contributed by atoms with van der Waals surface area (Å²) in [5.41, 5.74) is 0. The molecule has 0 bridgehead atoms. The van der Waals surface area contributed by atoms with Crippen LogP contribution >= 0.6 is 0 Å². The highest BCUT2D eigenvalue weighted by atomic mass is 32.2. The third-order valence-electron chi connectivity index (χ3n) is 2.19. The van der Waals surface area contributed by atoms with Crippen LogP contribution in [0.4, 0.5) is 0 Å². The maximum absolute atomic E-state index is 10.8. The molecule has 0 saturated heterocycles. The minimum absolute atomic E-state index is 0.390. The molecule has 0 aromatic carbocycles. The van der Waals surface area contributed by atoms with E-state index in [1.165, 1.54) is 0 Å². The van der Waals surface area contributed by atoms with Gasteiger partial charge >= 0.3 is 0 Å². The van der Waals surface area contributed by atoms with E-state index in [0.717, 1.165) is 24.3 Å². The maximum Gasteiger partial charge on any atom is 0.177 e. The molecule has 0 aliphatic rings. The molecular weight excluding hydrogens is 190 g/mol. The molecule has 5 heteroatoms. The summed E-state index contributed by atoms with van der Waals surface area (Å²) in [6.07, 6.45) is 2.37. The van der Waals surface area contributed by atoms with Crippen molar-refractivity contribution in [2.45, 2.75) is 38.5 Å². The van der Waals surface area contributed by atoms with Gasteiger partial charge in [-0.15, -0.1) is 0 Å². The fourth-order valence-electron chi connectivity index (χ4n) is 1.42. The van der Waals surface area contributed by atoms with Gasteiger partial charge in [0.25, 0.3) is 0 Å². The summed E-state index contributed by atoms with van der Waals surface area (Å²) >= 11 is 0. The molecule has 0 fully saturated rings. The van der Waals surface area contributed by atoms with Crippen molar-refractivity contribution in [1.82, 2.24) is 0 Å². The first-order valence-corrected chi connectivity index (χ1v) is 6.17. The summed E-state index contributed by atoms with van der Waals surface area (Å²) in [4.78, 5) is 0.805. The average molecular weight is 209 g/mol. The Morgan fingerprint density at radius 3 is 2.23 bits per heavy atom. The lowest BCUT2D eigenvalue weighted by molar-refractivity contribution is -0.892. The van der Waals surface area contributed by atoms with E-state index in [0.29, 0.717) is 6.42 Å². The first-order chi connectivity index (χ1) is 5.93. The van der Waals surface area contributed by atoms with Crippen molar-refractivity contribution in [3.63, 3.8) is 0 Å². The van der Waals surface area contributed by atoms with Gasteiger partial charge in [0.1, 0.15) is 10.1 Å². The van der Waals surface area contributed by atoms with Crippen LogP contribution in [0.15, 0.2) is 0 Å². The number of quaternary nitrogens is 1. The van der Waals surface area contributed by atoms with Gasteiger partial charge in [-0.3, -0.25) is 0 Å². The third kappa shape index (κ3) is 4.59. The van der Waals surface area contributed by atoms with Crippen LogP contribution in [0.1, 0.15) is 33.1 Å². The van der Waals surface area contributed by atoms with Gasteiger partial charge in [0.2, 0.25) is 0 Å². The van der Waals surface area contributed by atoms with Crippen molar-refractivity contribution < 1.29 is 17.9 Å². The molecule has 80 valence electrons. The maximum atomic E-state index is 10.8.